The lowest BCUT2D eigenvalue weighted by Gasteiger charge is -2.22. The Balaban J connectivity index is 1.57. The first-order valence-corrected chi connectivity index (χ1v) is 10.8. The van der Waals surface area contributed by atoms with Crippen LogP contribution in [-0.4, -0.2) is 24.4 Å². The average molecular weight is 426 g/mol. The smallest absolute Gasteiger partial charge is 0.339 e. The number of carbonyl (C=O) groups is 1. The number of unbranched alkanes of at least 4 members (excludes halogenated alkanes) is 1. The van der Waals surface area contributed by atoms with Crippen LogP contribution in [0.5, 0.6) is 11.5 Å². The molecule has 0 atom stereocenters. The van der Waals surface area contributed by atoms with Gasteiger partial charge in [-0.15, -0.1) is 0 Å². The minimum absolute atomic E-state index is 0.234. The number of ether oxygens (including phenoxy) is 3. The molecule has 0 N–H and O–H groups in total. The number of fused-ring (bicyclic) bond motifs is 3. The predicted molar refractivity (Wildman–Crippen MR) is 120 cm³/mol. The van der Waals surface area contributed by atoms with Gasteiger partial charge in [0.1, 0.15) is 0 Å². The highest BCUT2D eigenvalue weighted by Gasteiger charge is 2.26. The number of benzene rings is 2. The second kappa shape index (κ2) is 8.72. The van der Waals surface area contributed by atoms with Crippen molar-refractivity contribution >= 4 is 28.5 Å². The third-order valence-corrected chi connectivity index (χ3v) is 5.78. The van der Waals surface area contributed by atoms with Gasteiger partial charge in [0, 0.05) is 11.8 Å². The molecule has 1 aromatic heterocycles. The molecule has 2 aromatic carbocycles. The molecule has 0 saturated heterocycles. The van der Waals surface area contributed by atoms with E-state index in [-0.39, 0.29) is 19.4 Å². The number of para-hydroxylation sites is 1. The molecular formula is C26H22N2O4. The Morgan fingerprint density at radius 3 is 2.94 bits per heavy atom. The first-order chi connectivity index (χ1) is 15.7. The summed E-state index contributed by atoms with van der Waals surface area (Å²) in [5, 5.41) is 9.54. The molecule has 3 aromatic rings. The lowest BCUT2D eigenvalue weighted by molar-refractivity contribution is 0.0502. The molecule has 6 nitrogen and oxygen atoms in total. The molecule has 0 saturated carbocycles. The van der Waals surface area contributed by atoms with E-state index in [0.29, 0.717) is 18.4 Å². The summed E-state index contributed by atoms with van der Waals surface area (Å²) >= 11 is 0. The van der Waals surface area contributed by atoms with E-state index in [9.17, 15) is 4.79 Å². The van der Waals surface area contributed by atoms with Crippen LogP contribution < -0.4 is 9.47 Å². The predicted octanol–water partition coefficient (Wildman–Crippen LogP) is 5.30. The van der Waals surface area contributed by atoms with Crippen LogP contribution in [0.2, 0.25) is 0 Å². The number of hydrogen-bond acceptors (Lipinski definition) is 6. The van der Waals surface area contributed by atoms with Crippen molar-refractivity contribution in [3.05, 3.63) is 64.8 Å². The summed E-state index contributed by atoms with van der Waals surface area (Å²) in [6.45, 7) is 0.475. The van der Waals surface area contributed by atoms with Gasteiger partial charge in [-0.1, -0.05) is 24.3 Å². The maximum atomic E-state index is 13.1. The number of nitriles is 1. The molecule has 2 aliphatic rings. The zero-order valence-corrected chi connectivity index (χ0v) is 17.6. The minimum Gasteiger partial charge on any atom is -0.462 e. The van der Waals surface area contributed by atoms with Crippen molar-refractivity contribution in [2.24, 2.45) is 0 Å². The number of pyridine rings is 1. The molecule has 0 amide bonds. The van der Waals surface area contributed by atoms with Crippen molar-refractivity contribution < 1.29 is 19.0 Å². The van der Waals surface area contributed by atoms with Crippen molar-refractivity contribution in [2.75, 3.05) is 13.4 Å². The molecule has 6 heteroatoms. The number of nitrogens with zero attached hydrogens (tertiary/aromatic N) is 2. The fourth-order valence-electron chi connectivity index (χ4n) is 4.30. The standard InChI is InChI=1S/C26H22N2O4/c27-12-3-4-13-30-26(29)24-19-7-1-2-9-21(19)28-25-18(6-5-8-20(24)25)14-17-10-11-22-23(15-17)32-16-31-22/h1-2,7,9-11,14-15H,3-6,8,13,16H2/b18-14+. The van der Waals surface area contributed by atoms with Gasteiger partial charge in [-0.2, -0.15) is 5.26 Å². The Hall–Kier alpha value is -3.85. The second-order valence-electron chi connectivity index (χ2n) is 7.86. The van der Waals surface area contributed by atoms with Gasteiger partial charge in [0.2, 0.25) is 6.79 Å². The molecular weight excluding hydrogens is 404 g/mol. The first-order valence-electron chi connectivity index (χ1n) is 10.8. The van der Waals surface area contributed by atoms with Gasteiger partial charge in [-0.3, -0.25) is 0 Å². The van der Waals surface area contributed by atoms with Gasteiger partial charge >= 0.3 is 5.97 Å². The minimum atomic E-state index is -0.345. The van der Waals surface area contributed by atoms with Gasteiger partial charge < -0.3 is 14.2 Å². The summed E-state index contributed by atoms with van der Waals surface area (Å²) in [5.41, 5.74) is 5.26. The molecule has 0 spiro atoms. The van der Waals surface area contributed by atoms with E-state index in [1.165, 1.54) is 0 Å². The van der Waals surface area contributed by atoms with Crippen molar-refractivity contribution in [2.45, 2.75) is 32.1 Å². The summed E-state index contributed by atoms with van der Waals surface area (Å²) in [4.78, 5) is 18.0. The van der Waals surface area contributed by atoms with Gasteiger partial charge in [0.15, 0.2) is 11.5 Å². The molecule has 0 bridgehead atoms. The summed E-state index contributed by atoms with van der Waals surface area (Å²) < 4.78 is 16.5. The molecule has 0 radical (unpaired) electrons. The Labute approximate surface area is 186 Å². The lowest BCUT2D eigenvalue weighted by atomic mass is 9.86. The van der Waals surface area contributed by atoms with Crippen LogP contribution in [0.25, 0.3) is 22.6 Å². The molecule has 32 heavy (non-hydrogen) atoms. The average Bonchev–Trinajstić information content (AvgIpc) is 3.28. The lowest BCUT2D eigenvalue weighted by Crippen LogP contribution is -2.15. The largest absolute Gasteiger partial charge is 0.462 e. The second-order valence-corrected chi connectivity index (χ2v) is 7.86. The number of carbonyl (C=O) groups excluding carboxylic acids is 1. The van der Waals surface area contributed by atoms with Gasteiger partial charge in [-0.05, 0) is 66.7 Å². The van der Waals surface area contributed by atoms with Crippen LogP contribution in [0, 0.1) is 11.3 Å². The van der Waals surface area contributed by atoms with Gasteiger partial charge in [-0.25, -0.2) is 9.78 Å². The van der Waals surface area contributed by atoms with Crippen LogP contribution >= 0.6 is 0 Å². The Bertz CT molecular complexity index is 1270. The highest BCUT2D eigenvalue weighted by atomic mass is 16.7. The van der Waals surface area contributed by atoms with Crippen molar-refractivity contribution in [1.29, 1.82) is 5.26 Å². The zero-order chi connectivity index (χ0) is 21.9. The third kappa shape index (κ3) is 3.78. The third-order valence-electron chi connectivity index (χ3n) is 5.78. The van der Waals surface area contributed by atoms with Crippen LogP contribution in [0.15, 0.2) is 42.5 Å². The van der Waals surface area contributed by atoms with Crippen LogP contribution in [0.3, 0.4) is 0 Å². The van der Waals surface area contributed by atoms with E-state index in [4.69, 9.17) is 24.5 Å². The van der Waals surface area contributed by atoms with Crippen molar-refractivity contribution in [1.82, 2.24) is 4.98 Å². The van der Waals surface area contributed by atoms with Gasteiger partial charge in [0.25, 0.3) is 0 Å². The van der Waals surface area contributed by atoms with Gasteiger partial charge in [0.05, 0.1) is 29.5 Å². The summed E-state index contributed by atoms with van der Waals surface area (Å²) in [6.07, 6.45) is 5.59. The Morgan fingerprint density at radius 2 is 2.03 bits per heavy atom. The number of esters is 1. The van der Waals surface area contributed by atoms with Crippen LogP contribution in [-0.2, 0) is 11.2 Å². The molecule has 5 rings (SSSR count). The quantitative estimate of drug-likeness (QED) is 0.407. The summed E-state index contributed by atoms with van der Waals surface area (Å²) in [5.74, 6) is 1.15. The molecule has 0 fully saturated rings. The van der Waals surface area contributed by atoms with Crippen LogP contribution in [0.4, 0.5) is 0 Å². The van der Waals surface area contributed by atoms with Crippen molar-refractivity contribution in [3.63, 3.8) is 0 Å². The highest BCUT2D eigenvalue weighted by molar-refractivity contribution is 6.06. The summed E-state index contributed by atoms with van der Waals surface area (Å²) in [6, 6.07) is 15.6. The van der Waals surface area contributed by atoms with E-state index >= 15 is 0 Å². The topological polar surface area (TPSA) is 81.4 Å². The number of aromatic nitrogens is 1. The summed E-state index contributed by atoms with van der Waals surface area (Å²) in [7, 11) is 0. The number of allylic oxidation sites excluding steroid dienone is 1. The maximum absolute atomic E-state index is 13.1. The molecule has 160 valence electrons. The number of hydrogen-bond donors (Lipinski definition) is 0. The monoisotopic (exact) mass is 426 g/mol. The molecule has 1 aliphatic heterocycles. The van der Waals surface area contributed by atoms with E-state index in [2.05, 4.69) is 12.1 Å². The molecule has 1 aliphatic carbocycles. The fraction of sp³-hybridized carbons (Fsp3) is 0.269. The van der Waals surface area contributed by atoms with E-state index in [1.807, 2.05) is 42.5 Å². The first kappa shape index (κ1) is 20.1. The van der Waals surface area contributed by atoms with Crippen LogP contribution in [0.1, 0.15) is 52.9 Å². The molecule has 2 heterocycles. The highest BCUT2D eigenvalue weighted by Crippen LogP contribution is 2.38. The zero-order valence-electron chi connectivity index (χ0n) is 17.6. The van der Waals surface area contributed by atoms with Crippen molar-refractivity contribution in [3.8, 4) is 17.6 Å². The maximum Gasteiger partial charge on any atom is 0.339 e. The Morgan fingerprint density at radius 1 is 1.16 bits per heavy atom. The SMILES string of the molecule is N#CCCCOC(=O)c1c2c(nc3ccccc13)/C(=C/c1ccc3c(c1)OCO3)CCC2. The van der Waals surface area contributed by atoms with E-state index in [0.717, 1.165) is 64.1 Å². The molecule has 0 unspecified atom stereocenters. The Kier molecular flexibility index (Phi) is 5.47. The number of rotatable bonds is 5. The van der Waals surface area contributed by atoms with E-state index < -0.39 is 0 Å². The fourth-order valence-corrected chi connectivity index (χ4v) is 4.30. The van der Waals surface area contributed by atoms with E-state index in [1.54, 1.807) is 0 Å². The normalized spacial score (nSPS) is 15.4.